The molecule has 1 aliphatic rings. The second kappa shape index (κ2) is 8.27. The van der Waals surface area contributed by atoms with Gasteiger partial charge in [-0.2, -0.15) is 0 Å². The largest absolute Gasteiger partial charge is 0.492 e. The summed E-state index contributed by atoms with van der Waals surface area (Å²) in [4.78, 5) is 6.57. The number of ether oxygens (including phenoxy) is 1. The third kappa shape index (κ3) is 5.25. The number of halogens is 1. The van der Waals surface area contributed by atoms with Gasteiger partial charge in [0.1, 0.15) is 12.4 Å². The number of hydrogen-bond acceptors (Lipinski definition) is 4. The number of guanidine groups is 1. The zero-order valence-corrected chi connectivity index (χ0v) is 16.5. The Kier molecular flexibility index (Phi) is 6.57. The number of nitrogens with one attached hydrogen (secondary N) is 1. The van der Waals surface area contributed by atoms with Crippen molar-refractivity contribution in [2.24, 2.45) is 4.99 Å². The van der Waals surface area contributed by atoms with Crippen molar-refractivity contribution in [1.29, 1.82) is 0 Å². The molecule has 0 amide bonds. The average molecular weight is 388 g/mol. The zero-order chi connectivity index (χ0) is 18.5. The summed E-state index contributed by atoms with van der Waals surface area (Å²) in [5, 5.41) is 3.86. The summed E-state index contributed by atoms with van der Waals surface area (Å²) in [7, 11) is -3.07. The first kappa shape index (κ1) is 19.8. The fraction of sp³-hybridized carbons (Fsp3) is 0.588. The molecule has 0 saturated carbocycles. The molecule has 6 nitrogen and oxygen atoms in total. The van der Waals surface area contributed by atoms with Crippen molar-refractivity contribution in [3.05, 3.63) is 29.3 Å². The second-order valence-corrected chi connectivity index (χ2v) is 9.72. The van der Waals surface area contributed by atoms with Crippen LogP contribution in [0.15, 0.2) is 29.3 Å². The molecule has 0 aromatic heterocycles. The van der Waals surface area contributed by atoms with Gasteiger partial charge in [-0.05, 0) is 39.0 Å². The van der Waals surface area contributed by atoms with Crippen LogP contribution in [-0.4, -0.2) is 62.6 Å². The first-order valence-corrected chi connectivity index (χ1v) is 10.4. The molecule has 140 valence electrons. The summed E-state index contributed by atoms with van der Waals surface area (Å²) in [6, 6.07) is 7.23. The molecule has 25 heavy (non-hydrogen) atoms. The summed E-state index contributed by atoms with van der Waals surface area (Å²) >= 11 is 5.93. The predicted molar refractivity (Wildman–Crippen MR) is 102 cm³/mol. The van der Waals surface area contributed by atoms with Crippen LogP contribution in [0.2, 0.25) is 5.02 Å². The van der Waals surface area contributed by atoms with Crippen molar-refractivity contribution >= 4 is 27.4 Å². The standard InChI is InChI=1S/C17H26ClN3O3S/c1-4-19-16(21-9-11-25(22,23)17(2,3)13-21)20-8-10-24-15-7-5-6-14(18)12-15/h5-7,12H,4,8-11,13H2,1-3H3,(H,19,20). The van der Waals surface area contributed by atoms with E-state index in [0.29, 0.717) is 37.0 Å². The van der Waals surface area contributed by atoms with Crippen molar-refractivity contribution in [2.45, 2.75) is 25.5 Å². The smallest absolute Gasteiger partial charge is 0.194 e. The van der Waals surface area contributed by atoms with E-state index in [-0.39, 0.29) is 5.75 Å². The summed E-state index contributed by atoms with van der Waals surface area (Å²) in [6.45, 7) is 8.01. The molecular formula is C17H26ClN3O3S. The molecular weight excluding hydrogens is 362 g/mol. The molecule has 1 aliphatic heterocycles. The topological polar surface area (TPSA) is 71.0 Å². The van der Waals surface area contributed by atoms with Crippen LogP contribution < -0.4 is 10.1 Å². The van der Waals surface area contributed by atoms with Crippen LogP contribution in [0.5, 0.6) is 5.75 Å². The van der Waals surface area contributed by atoms with Crippen LogP contribution in [0.1, 0.15) is 20.8 Å². The Morgan fingerprint density at radius 2 is 2.20 bits per heavy atom. The fourth-order valence-electron chi connectivity index (χ4n) is 2.62. The Balaban J connectivity index is 1.96. The number of hydrogen-bond donors (Lipinski definition) is 1. The minimum Gasteiger partial charge on any atom is -0.492 e. The van der Waals surface area contributed by atoms with Gasteiger partial charge in [-0.1, -0.05) is 17.7 Å². The van der Waals surface area contributed by atoms with Crippen molar-refractivity contribution in [1.82, 2.24) is 10.2 Å². The van der Waals surface area contributed by atoms with E-state index in [2.05, 4.69) is 10.3 Å². The molecule has 1 aromatic carbocycles. The molecule has 1 fully saturated rings. The highest BCUT2D eigenvalue weighted by Crippen LogP contribution is 2.23. The van der Waals surface area contributed by atoms with Crippen LogP contribution in [-0.2, 0) is 9.84 Å². The van der Waals surface area contributed by atoms with E-state index in [9.17, 15) is 8.42 Å². The first-order valence-electron chi connectivity index (χ1n) is 8.39. The highest BCUT2D eigenvalue weighted by atomic mass is 35.5. The fourth-order valence-corrected chi connectivity index (χ4v) is 4.17. The van der Waals surface area contributed by atoms with E-state index in [1.165, 1.54) is 0 Å². The Morgan fingerprint density at radius 3 is 2.84 bits per heavy atom. The summed E-state index contributed by atoms with van der Waals surface area (Å²) < 4.78 is 29.2. The van der Waals surface area contributed by atoms with Crippen molar-refractivity contribution in [3.63, 3.8) is 0 Å². The van der Waals surface area contributed by atoms with E-state index < -0.39 is 14.6 Å². The lowest BCUT2D eigenvalue weighted by molar-refractivity contribution is 0.323. The molecule has 1 N–H and O–H groups in total. The quantitative estimate of drug-likeness (QED) is 0.476. The van der Waals surface area contributed by atoms with E-state index in [1.807, 2.05) is 24.0 Å². The van der Waals surface area contributed by atoms with Crippen LogP contribution >= 0.6 is 11.6 Å². The Hall–Kier alpha value is -1.47. The Morgan fingerprint density at radius 1 is 1.44 bits per heavy atom. The summed E-state index contributed by atoms with van der Waals surface area (Å²) in [6.07, 6.45) is 0. The van der Waals surface area contributed by atoms with E-state index in [0.717, 1.165) is 12.5 Å². The summed E-state index contributed by atoms with van der Waals surface area (Å²) in [5.74, 6) is 1.57. The number of benzene rings is 1. The van der Waals surface area contributed by atoms with Crippen molar-refractivity contribution in [2.75, 3.05) is 38.5 Å². The minimum absolute atomic E-state index is 0.142. The lowest BCUT2D eigenvalue weighted by atomic mass is 10.2. The third-order valence-electron chi connectivity index (χ3n) is 4.10. The third-order valence-corrected chi connectivity index (χ3v) is 6.86. The van der Waals surface area contributed by atoms with Crippen LogP contribution in [0, 0.1) is 0 Å². The van der Waals surface area contributed by atoms with E-state index in [1.54, 1.807) is 26.0 Å². The molecule has 1 aromatic rings. The van der Waals surface area contributed by atoms with E-state index in [4.69, 9.17) is 16.3 Å². The van der Waals surface area contributed by atoms with Gasteiger partial charge >= 0.3 is 0 Å². The predicted octanol–water partition coefficient (Wildman–Crippen LogP) is 2.19. The second-order valence-electron chi connectivity index (χ2n) is 6.54. The molecule has 8 heteroatoms. The van der Waals surface area contributed by atoms with Crippen LogP contribution in [0.25, 0.3) is 0 Å². The molecule has 0 unspecified atom stereocenters. The molecule has 0 spiro atoms. The Bertz CT molecular complexity index is 720. The molecule has 0 aliphatic carbocycles. The normalized spacial score (nSPS) is 19.5. The van der Waals surface area contributed by atoms with Crippen molar-refractivity contribution in [3.8, 4) is 5.75 Å². The zero-order valence-electron chi connectivity index (χ0n) is 15.0. The minimum atomic E-state index is -3.07. The number of rotatable bonds is 5. The molecule has 0 bridgehead atoms. The van der Waals surface area contributed by atoms with Gasteiger partial charge in [0.05, 0.1) is 17.0 Å². The molecule has 1 heterocycles. The van der Waals surface area contributed by atoms with Gasteiger partial charge < -0.3 is 15.0 Å². The SMILES string of the molecule is CCNC(=NCCOc1cccc(Cl)c1)N1CCS(=O)(=O)C(C)(C)C1. The number of aliphatic imine (C=N–C) groups is 1. The van der Waals surface area contributed by atoms with Crippen LogP contribution in [0.3, 0.4) is 0 Å². The van der Waals surface area contributed by atoms with Gasteiger partial charge in [0.15, 0.2) is 15.8 Å². The average Bonchev–Trinajstić information content (AvgIpc) is 2.53. The van der Waals surface area contributed by atoms with E-state index >= 15 is 0 Å². The maximum Gasteiger partial charge on any atom is 0.194 e. The van der Waals surface area contributed by atoms with Crippen LogP contribution in [0.4, 0.5) is 0 Å². The number of sulfone groups is 1. The molecule has 2 rings (SSSR count). The van der Waals surface area contributed by atoms with Gasteiger partial charge in [-0.15, -0.1) is 0 Å². The lowest BCUT2D eigenvalue weighted by Crippen LogP contribution is -2.57. The van der Waals surface area contributed by atoms with Gasteiger partial charge in [-0.25, -0.2) is 13.4 Å². The van der Waals surface area contributed by atoms with Gasteiger partial charge in [-0.3, -0.25) is 0 Å². The van der Waals surface area contributed by atoms with Crippen molar-refractivity contribution < 1.29 is 13.2 Å². The number of nitrogens with zero attached hydrogens (tertiary/aromatic N) is 2. The summed E-state index contributed by atoms with van der Waals surface area (Å²) in [5.41, 5.74) is 0. The maximum absolute atomic E-state index is 12.2. The first-order chi connectivity index (χ1) is 11.7. The molecule has 0 radical (unpaired) electrons. The van der Waals surface area contributed by atoms with Gasteiger partial charge in [0.2, 0.25) is 0 Å². The molecule has 0 atom stereocenters. The maximum atomic E-state index is 12.2. The monoisotopic (exact) mass is 387 g/mol. The Labute approximate surface area is 155 Å². The highest BCUT2D eigenvalue weighted by Gasteiger charge is 2.40. The highest BCUT2D eigenvalue weighted by molar-refractivity contribution is 7.92. The van der Waals surface area contributed by atoms with Gasteiger partial charge in [0.25, 0.3) is 0 Å². The lowest BCUT2D eigenvalue weighted by Gasteiger charge is -2.39. The molecule has 1 saturated heterocycles. The van der Waals surface area contributed by atoms with Gasteiger partial charge in [0, 0.05) is 24.7 Å².